The molecule has 6 heteroatoms. The van der Waals surface area contributed by atoms with Crippen LogP contribution in [0.1, 0.15) is 6.92 Å². The number of rotatable bonds is 4. The van der Waals surface area contributed by atoms with Crippen LogP contribution in [0.4, 0.5) is 10.5 Å². The summed E-state index contributed by atoms with van der Waals surface area (Å²) in [4.78, 5) is 11.3. The third-order valence-electron chi connectivity index (χ3n) is 2.01. The summed E-state index contributed by atoms with van der Waals surface area (Å²) in [6, 6.07) is 2.80. The van der Waals surface area contributed by atoms with Crippen molar-refractivity contribution in [3.63, 3.8) is 0 Å². The van der Waals surface area contributed by atoms with Gasteiger partial charge in [0.1, 0.15) is 5.75 Å². The van der Waals surface area contributed by atoms with Gasteiger partial charge in [0.05, 0.1) is 26.5 Å². The lowest BCUT2D eigenvalue weighted by molar-refractivity contribution is 0.168. The summed E-state index contributed by atoms with van der Waals surface area (Å²) in [7, 11) is 2.84. The van der Waals surface area contributed by atoms with Gasteiger partial charge in [-0.25, -0.2) is 4.79 Å². The van der Waals surface area contributed by atoms with E-state index in [-0.39, 0.29) is 18.1 Å². The van der Waals surface area contributed by atoms with Crippen LogP contribution in [-0.4, -0.2) is 32.0 Å². The number of anilines is 1. The molecular formula is C11H15NO5. The Morgan fingerprint density at radius 2 is 1.94 bits per heavy atom. The number of amides is 1. The van der Waals surface area contributed by atoms with Crippen molar-refractivity contribution in [1.82, 2.24) is 0 Å². The molecule has 1 aromatic rings. The zero-order valence-corrected chi connectivity index (χ0v) is 9.94. The second-order valence-electron chi connectivity index (χ2n) is 3.07. The highest BCUT2D eigenvalue weighted by molar-refractivity contribution is 5.87. The Labute approximate surface area is 99.1 Å². The number of carbonyl (C=O) groups is 1. The van der Waals surface area contributed by atoms with E-state index in [4.69, 9.17) is 14.2 Å². The van der Waals surface area contributed by atoms with E-state index in [2.05, 4.69) is 5.32 Å². The van der Waals surface area contributed by atoms with E-state index in [1.807, 2.05) is 0 Å². The third-order valence-corrected chi connectivity index (χ3v) is 2.01. The minimum Gasteiger partial charge on any atom is -0.504 e. The zero-order chi connectivity index (χ0) is 12.8. The molecule has 0 unspecified atom stereocenters. The molecule has 17 heavy (non-hydrogen) atoms. The predicted octanol–water partition coefficient (Wildman–Crippen LogP) is 1.98. The van der Waals surface area contributed by atoms with E-state index < -0.39 is 6.09 Å². The summed E-state index contributed by atoms with van der Waals surface area (Å²) in [5.41, 5.74) is 0.362. The highest BCUT2D eigenvalue weighted by Crippen LogP contribution is 2.36. The number of ether oxygens (including phenoxy) is 3. The number of aromatic hydroxyl groups is 1. The van der Waals surface area contributed by atoms with Gasteiger partial charge < -0.3 is 19.3 Å². The van der Waals surface area contributed by atoms with Gasteiger partial charge in [0.25, 0.3) is 0 Å². The average molecular weight is 241 g/mol. The van der Waals surface area contributed by atoms with E-state index in [0.717, 1.165) is 0 Å². The Morgan fingerprint density at radius 1 is 1.29 bits per heavy atom. The number of methoxy groups -OCH3 is 2. The zero-order valence-electron chi connectivity index (χ0n) is 9.94. The van der Waals surface area contributed by atoms with Crippen LogP contribution in [0.3, 0.4) is 0 Å². The highest BCUT2D eigenvalue weighted by Gasteiger charge is 2.13. The number of hydrogen-bond acceptors (Lipinski definition) is 5. The van der Waals surface area contributed by atoms with Gasteiger partial charge in [-0.3, -0.25) is 5.32 Å². The summed E-state index contributed by atoms with van der Waals surface area (Å²) in [5.74, 6) is 0.479. The van der Waals surface area contributed by atoms with E-state index >= 15 is 0 Å². The quantitative estimate of drug-likeness (QED) is 0.788. The molecule has 0 aliphatic carbocycles. The number of hydrogen-bond donors (Lipinski definition) is 2. The SMILES string of the molecule is CCOC(=O)Nc1cc(OC)c(O)cc1OC. The monoisotopic (exact) mass is 241 g/mol. The van der Waals surface area contributed by atoms with Crippen molar-refractivity contribution < 1.29 is 24.1 Å². The van der Waals surface area contributed by atoms with E-state index in [1.165, 1.54) is 26.4 Å². The van der Waals surface area contributed by atoms with Crippen LogP contribution in [0, 0.1) is 0 Å². The lowest BCUT2D eigenvalue weighted by Crippen LogP contribution is -2.14. The number of phenols is 1. The Balaban J connectivity index is 2.99. The summed E-state index contributed by atoms with van der Waals surface area (Å²) in [6.07, 6.45) is -0.599. The van der Waals surface area contributed by atoms with Gasteiger partial charge in [-0.15, -0.1) is 0 Å². The van der Waals surface area contributed by atoms with Gasteiger partial charge in [-0.2, -0.15) is 0 Å². The van der Waals surface area contributed by atoms with Crippen molar-refractivity contribution in [3.8, 4) is 17.2 Å². The first-order valence-corrected chi connectivity index (χ1v) is 5.01. The predicted molar refractivity (Wildman–Crippen MR) is 61.9 cm³/mol. The Kier molecular flexibility index (Phi) is 4.45. The van der Waals surface area contributed by atoms with Crippen LogP contribution in [-0.2, 0) is 4.74 Å². The lowest BCUT2D eigenvalue weighted by atomic mass is 10.2. The maximum Gasteiger partial charge on any atom is 0.411 e. The van der Waals surface area contributed by atoms with E-state index in [9.17, 15) is 9.90 Å². The van der Waals surface area contributed by atoms with Gasteiger partial charge in [0, 0.05) is 12.1 Å². The molecule has 6 nitrogen and oxygen atoms in total. The lowest BCUT2D eigenvalue weighted by Gasteiger charge is -2.12. The molecule has 0 aromatic heterocycles. The molecule has 1 amide bonds. The van der Waals surface area contributed by atoms with Crippen LogP contribution in [0.2, 0.25) is 0 Å². The third kappa shape index (κ3) is 3.17. The second kappa shape index (κ2) is 5.83. The molecule has 1 aromatic carbocycles. The minimum absolute atomic E-state index is 0.0706. The van der Waals surface area contributed by atoms with Gasteiger partial charge in [0.2, 0.25) is 0 Å². The van der Waals surface area contributed by atoms with Crippen LogP contribution in [0.15, 0.2) is 12.1 Å². The number of nitrogens with one attached hydrogen (secondary N) is 1. The molecule has 0 aliphatic rings. The Hall–Kier alpha value is -2.11. The first-order valence-electron chi connectivity index (χ1n) is 5.01. The molecule has 0 aliphatic heterocycles. The van der Waals surface area contributed by atoms with E-state index in [0.29, 0.717) is 11.4 Å². The fraction of sp³-hybridized carbons (Fsp3) is 0.364. The summed E-state index contributed by atoms with van der Waals surface area (Å²) < 4.78 is 14.7. The molecule has 94 valence electrons. The largest absolute Gasteiger partial charge is 0.504 e. The number of phenolic OH excluding ortho intramolecular Hbond substituents is 1. The molecule has 0 radical (unpaired) electrons. The first kappa shape index (κ1) is 13.0. The van der Waals surface area contributed by atoms with Crippen molar-refractivity contribution in [2.45, 2.75) is 6.92 Å². The van der Waals surface area contributed by atoms with Gasteiger partial charge >= 0.3 is 6.09 Å². The molecule has 0 bridgehead atoms. The molecule has 0 fully saturated rings. The number of carbonyl (C=O) groups excluding carboxylic acids is 1. The maximum absolute atomic E-state index is 11.3. The Bertz CT molecular complexity index is 405. The molecule has 0 atom stereocenters. The molecule has 0 heterocycles. The van der Waals surface area contributed by atoms with Crippen LogP contribution in [0.5, 0.6) is 17.2 Å². The highest BCUT2D eigenvalue weighted by atomic mass is 16.5. The van der Waals surface area contributed by atoms with Crippen molar-refractivity contribution in [2.24, 2.45) is 0 Å². The fourth-order valence-corrected chi connectivity index (χ4v) is 1.26. The van der Waals surface area contributed by atoms with Crippen molar-refractivity contribution in [1.29, 1.82) is 0 Å². The van der Waals surface area contributed by atoms with Crippen molar-refractivity contribution >= 4 is 11.8 Å². The van der Waals surface area contributed by atoms with Gasteiger partial charge in [-0.1, -0.05) is 0 Å². The topological polar surface area (TPSA) is 77.0 Å². The summed E-state index contributed by atoms with van der Waals surface area (Å²) >= 11 is 0. The average Bonchev–Trinajstić information content (AvgIpc) is 2.31. The van der Waals surface area contributed by atoms with Crippen molar-refractivity contribution in [3.05, 3.63) is 12.1 Å². The van der Waals surface area contributed by atoms with Crippen LogP contribution < -0.4 is 14.8 Å². The minimum atomic E-state index is -0.599. The first-order chi connectivity index (χ1) is 8.12. The molecule has 1 rings (SSSR count). The molecule has 0 saturated heterocycles. The van der Waals surface area contributed by atoms with E-state index in [1.54, 1.807) is 6.92 Å². The smallest absolute Gasteiger partial charge is 0.411 e. The standard InChI is InChI=1S/C11H15NO5/c1-4-17-11(14)12-7-5-10(16-3)8(13)6-9(7)15-2/h5-6,13H,4H2,1-3H3,(H,12,14). The van der Waals surface area contributed by atoms with Crippen molar-refractivity contribution in [2.75, 3.05) is 26.1 Å². The molecule has 2 N–H and O–H groups in total. The maximum atomic E-state index is 11.3. The molecule has 0 saturated carbocycles. The molecular weight excluding hydrogens is 226 g/mol. The molecule has 0 spiro atoms. The van der Waals surface area contributed by atoms with Crippen LogP contribution in [0.25, 0.3) is 0 Å². The van der Waals surface area contributed by atoms with Crippen LogP contribution >= 0.6 is 0 Å². The van der Waals surface area contributed by atoms with Gasteiger partial charge in [0.15, 0.2) is 11.5 Å². The van der Waals surface area contributed by atoms with Gasteiger partial charge in [-0.05, 0) is 6.92 Å². The fourth-order valence-electron chi connectivity index (χ4n) is 1.26. The summed E-state index contributed by atoms with van der Waals surface area (Å²) in [5, 5.41) is 12.0. The normalized spacial score (nSPS) is 9.59. The number of benzene rings is 1. The summed E-state index contributed by atoms with van der Waals surface area (Å²) in [6.45, 7) is 1.97. The Morgan fingerprint density at radius 3 is 2.47 bits per heavy atom. The second-order valence-corrected chi connectivity index (χ2v) is 3.07.